The summed E-state index contributed by atoms with van der Waals surface area (Å²) in [5.41, 5.74) is 3.37. The molecule has 0 bridgehead atoms. The number of aliphatic hydroxyl groups excluding tert-OH is 1. The van der Waals surface area contributed by atoms with Crippen LogP contribution in [0, 0.1) is 27.2 Å². The first-order chi connectivity index (χ1) is 21.8. The molecule has 0 aliphatic heterocycles. The number of nitrogens with zero attached hydrogens (tertiary/aromatic N) is 2. The molecular weight excluding hydrogens is 684 g/mol. The normalized spacial score (nSPS) is 9.28. The van der Waals surface area contributed by atoms with Crippen molar-refractivity contribution in [1.82, 2.24) is 0 Å². The molecular formula is C32H33BrN2O12. The van der Waals surface area contributed by atoms with Crippen molar-refractivity contribution >= 4 is 39.4 Å². The number of aliphatic hydroxyl groups is 2. The number of ether oxygens (including phenoxy) is 3. The van der Waals surface area contributed by atoms with Crippen LogP contribution < -0.4 is 9.47 Å². The fourth-order valence-electron chi connectivity index (χ4n) is 3.57. The maximum Gasteiger partial charge on any atom is 0.373 e. The van der Waals surface area contributed by atoms with Crippen molar-refractivity contribution in [2.24, 2.45) is 0 Å². The van der Waals surface area contributed by atoms with E-state index in [2.05, 4.69) is 20.7 Å². The summed E-state index contributed by atoms with van der Waals surface area (Å²) in [5, 5.41) is 38.6. The Hall–Kier alpha value is -5.47. The third kappa shape index (κ3) is 13.6. The fraction of sp³-hybridized carbons (Fsp3) is 0.188. The Morgan fingerprint density at radius 1 is 0.809 bits per heavy atom. The van der Waals surface area contributed by atoms with Gasteiger partial charge in [0.1, 0.15) is 11.5 Å². The highest BCUT2D eigenvalue weighted by Crippen LogP contribution is 2.29. The summed E-state index contributed by atoms with van der Waals surface area (Å²) < 4.78 is 15.0. The summed E-state index contributed by atoms with van der Waals surface area (Å²) in [6, 6.07) is 23.0. The predicted octanol–water partition coefficient (Wildman–Crippen LogP) is 6.45. The summed E-state index contributed by atoms with van der Waals surface area (Å²) in [6.07, 6.45) is -1.18. The lowest BCUT2D eigenvalue weighted by molar-refractivity contribution is -0.385. The maximum atomic E-state index is 11.1. The molecule has 0 unspecified atom stereocenters. The summed E-state index contributed by atoms with van der Waals surface area (Å²) in [5.74, 6) is 0.779. The first-order valence-electron chi connectivity index (χ1n) is 12.7. The van der Waals surface area contributed by atoms with E-state index in [1.54, 1.807) is 43.5 Å². The minimum absolute atomic E-state index is 0. The van der Waals surface area contributed by atoms with E-state index in [-0.39, 0.29) is 35.4 Å². The molecule has 0 aliphatic carbocycles. The van der Waals surface area contributed by atoms with Crippen LogP contribution in [0.4, 0.5) is 11.4 Å². The molecule has 0 spiro atoms. The number of halogens is 1. The van der Waals surface area contributed by atoms with Gasteiger partial charge in [0.05, 0.1) is 36.7 Å². The molecule has 4 aromatic rings. The SMILES string of the molecule is C.COC(=O)c1cc([N+](=O)[O-])ccc1Br.COc1cccc(-c2ccc([N+](=O)[O-])cc2C)c1.COc1cccc(C(O)O)c1.O=C=O. The molecule has 0 aliphatic rings. The van der Waals surface area contributed by atoms with Crippen LogP contribution in [0.5, 0.6) is 11.5 Å². The van der Waals surface area contributed by atoms with Crippen molar-refractivity contribution in [2.45, 2.75) is 20.6 Å². The van der Waals surface area contributed by atoms with Crippen LogP contribution in [0.15, 0.2) is 89.4 Å². The number of carbonyl (C=O) groups excluding carboxylic acids is 3. The van der Waals surface area contributed by atoms with Gasteiger partial charge in [0.25, 0.3) is 11.4 Å². The number of nitro benzene ring substituents is 2. The second-order valence-corrected chi connectivity index (χ2v) is 9.49. The Bertz CT molecular complexity index is 1670. The molecule has 0 amide bonds. The third-order valence-corrected chi connectivity index (χ3v) is 6.45. The molecule has 0 fully saturated rings. The molecule has 0 radical (unpaired) electrons. The molecule has 0 atom stereocenters. The third-order valence-electron chi connectivity index (χ3n) is 5.76. The smallest absolute Gasteiger partial charge is 0.373 e. The topological polar surface area (TPSA) is 206 Å². The van der Waals surface area contributed by atoms with Gasteiger partial charge >= 0.3 is 12.1 Å². The van der Waals surface area contributed by atoms with Crippen LogP contribution in [0.3, 0.4) is 0 Å². The van der Waals surface area contributed by atoms with Gasteiger partial charge in [-0.3, -0.25) is 20.2 Å². The summed E-state index contributed by atoms with van der Waals surface area (Å²) in [4.78, 5) is 47.5. The van der Waals surface area contributed by atoms with Crippen LogP contribution in [-0.2, 0) is 14.3 Å². The lowest BCUT2D eigenvalue weighted by Gasteiger charge is -2.07. The number of hydrogen-bond acceptors (Lipinski definition) is 12. The minimum atomic E-state index is -1.43. The van der Waals surface area contributed by atoms with Crippen LogP contribution in [0.25, 0.3) is 11.1 Å². The number of aryl methyl sites for hydroxylation is 1. The number of rotatable bonds is 7. The lowest BCUT2D eigenvalue weighted by Crippen LogP contribution is -2.03. The van der Waals surface area contributed by atoms with E-state index >= 15 is 0 Å². The largest absolute Gasteiger partial charge is 0.497 e. The molecule has 0 heterocycles. The predicted molar refractivity (Wildman–Crippen MR) is 174 cm³/mol. The molecule has 14 nitrogen and oxygen atoms in total. The van der Waals surface area contributed by atoms with E-state index in [1.807, 2.05) is 31.2 Å². The average molecular weight is 718 g/mol. The summed E-state index contributed by atoms with van der Waals surface area (Å²) >= 11 is 3.10. The standard InChI is InChI=1S/C14H13NO3.C8H6BrNO4.C8H10O3.CO2.CH4/c1-10-8-12(15(16)17)6-7-14(10)11-4-3-5-13(9-11)18-2;1-14-8(11)6-4-5(10(12)13)2-3-7(6)9;1-11-7-4-2-3-6(5-7)8(9)10;2-1-3;/h3-9H,1-2H3;2-4H,1H3;2-5,8-10H,1H3;;1H4. The zero-order chi connectivity index (χ0) is 34.8. The zero-order valence-corrected chi connectivity index (χ0v) is 26.5. The fourth-order valence-corrected chi connectivity index (χ4v) is 3.98. The van der Waals surface area contributed by atoms with Gasteiger partial charge in [0.2, 0.25) is 0 Å². The molecule has 4 aromatic carbocycles. The Balaban J connectivity index is 0.000000658. The van der Waals surface area contributed by atoms with Gasteiger partial charge in [-0.15, -0.1) is 0 Å². The second-order valence-electron chi connectivity index (χ2n) is 8.63. The minimum Gasteiger partial charge on any atom is -0.497 e. The Labute approximate surface area is 278 Å². The molecule has 47 heavy (non-hydrogen) atoms. The van der Waals surface area contributed by atoms with Crippen LogP contribution in [-0.4, -0.2) is 53.5 Å². The van der Waals surface area contributed by atoms with E-state index in [0.717, 1.165) is 28.5 Å². The van der Waals surface area contributed by atoms with Crippen molar-refractivity contribution in [3.8, 4) is 22.6 Å². The Morgan fingerprint density at radius 2 is 1.32 bits per heavy atom. The second kappa shape index (κ2) is 21.3. The van der Waals surface area contributed by atoms with E-state index < -0.39 is 17.2 Å². The molecule has 0 aromatic heterocycles. The maximum absolute atomic E-state index is 11.1. The molecule has 15 heteroatoms. The van der Waals surface area contributed by atoms with Crippen molar-refractivity contribution in [1.29, 1.82) is 0 Å². The van der Waals surface area contributed by atoms with Gasteiger partial charge in [-0.2, -0.15) is 9.59 Å². The quantitative estimate of drug-likeness (QED) is 0.0915. The van der Waals surface area contributed by atoms with Gasteiger partial charge in [-0.1, -0.05) is 31.7 Å². The monoisotopic (exact) mass is 716 g/mol. The van der Waals surface area contributed by atoms with Crippen molar-refractivity contribution < 1.29 is 48.7 Å². The van der Waals surface area contributed by atoms with Gasteiger partial charge in [0.15, 0.2) is 6.29 Å². The highest BCUT2D eigenvalue weighted by Gasteiger charge is 2.15. The van der Waals surface area contributed by atoms with Crippen LogP contribution in [0.2, 0.25) is 0 Å². The summed E-state index contributed by atoms with van der Waals surface area (Å²) in [7, 11) is 4.36. The first-order valence-corrected chi connectivity index (χ1v) is 13.5. The number of carbonyl (C=O) groups is 1. The zero-order valence-electron chi connectivity index (χ0n) is 24.9. The average Bonchev–Trinajstić information content (AvgIpc) is 3.05. The van der Waals surface area contributed by atoms with Crippen LogP contribution >= 0.6 is 15.9 Å². The Kier molecular flexibility index (Phi) is 18.8. The molecule has 0 saturated carbocycles. The van der Waals surface area contributed by atoms with Gasteiger partial charge < -0.3 is 24.4 Å². The van der Waals surface area contributed by atoms with E-state index in [1.165, 1.54) is 32.4 Å². The first kappa shape index (κ1) is 41.5. The van der Waals surface area contributed by atoms with E-state index in [4.69, 9.17) is 29.3 Å². The number of non-ortho nitro benzene ring substituents is 2. The van der Waals surface area contributed by atoms with Crippen molar-refractivity contribution in [3.63, 3.8) is 0 Å². The number of esters is 1. The molecule has 250 valence electrons. The van der Waals surface area contributed by atoms with Crippen LogP contribution in [0.1, 0.15) is 35.2 Å². The molecule has 0 saturated heterocycles. The summed E-state index contributed by atoms with van der Waals surface area (Å²) in [6.45, 7) is 1.86. The molecule has 4 rings (SSSR count). The number of hydrogen-bond donors (Lipinski definition) is 2. The molecule has 2 N–H and O–H groups in total. The highest BCUT2D eigenvalue weighted by atomic mass is 79.9. The van der Waals surface area contributed by atoms with Gasteiger partial charge in [-0.25, -0.2) is 4.79 Å². The van der Waals surface area contributed by atoms with Crippen molar-refractivity contribution in [2.75, 3.05) is 21.3 Å². The van der Waals surface area contributed by atoms with Gasteiger partial charge in [0, 0.05) is 34.3 Å². The van der Waals surface area contributed by atoms with Crippen molar-refractivity contribution in [3.05, 3.63) is 126 Å². The number of methoxy groups -OCH3 is 3. The van der Waals surface area contributed by atoms with E-state index in [0.29, 0.717) is 15.8 Å². The van der Waals surface area contributed by atoms with E-state index in [9.17, 15) is 25.0 Å². The lowest BCUT2D eigenvalue weighted by atomic mass is 10.00. The highest BCUT2D eigenvalue weighted by molar-refractivity contribution is 9.10. The Morgan fingerprint density at radius 3 is 1.81 bits per heavy atom. The van der Waals surface area contributed by atoms with Gasteiger partial charge in [-0.05, 0) is 75.9 Å². The number of benzene rings is 4. The number of nitro groups is 2.